The fraction of sp³-hybridized carbons (Fsp3) is 0.500. The second kappa shape index (κ2) is 6.03. The monoisotopic (exact) mass is 224 g/mol. The minimum absolute atomic E-state index is 0.442. The lowest BCUT2D eigenvalue weighted by Gasteiger charge is -2.16. The Morgan fingerprint density at radius 2 is 2.13 bits per heavy atom. The van der Waals surface area contributed by atoms with E-state index in [0.717, 1.165) is 5.75 Å². The molecule has 0 heterocycles. The van der Waals surface area contributed by atoms with Crippen molar-refractivity contribution in [2.24, 2.45) is 5.73 Å². The summed E-state index contributed by atoms with van der Waals surface area (Å²) in [6.45, 7) is 7.03. The summed E-state index contributed by atoms with van der Waals surface area (Å²) in [7, 11) is 0. The van der Waals surface area contributed by atoms with E-state index < -0.39 is 0 Å². The van der Waals surface area contributed by atoms with Crippen molar-refractivity contribution in [1.82, 2.24) is 0 Å². The first-order valence-electron chi connectivity index (χ1n) is 5.40. The minimum Gasteiger partial charge on any atom is -0.383 e. The summed E-state index contributed by atoms with van der Waals surface area (Å²) < 4.78 is 0. The molecule has 1 aromatic rings. The summed E-state index contributed by atoms with van der Waals surface area (Å²) in [5.74, 6) is 1.08. The molecule has 0 atom stereocenters. The van der Waals surface area contributed by atoms with Gasteiger partial charge in [0.2, 0.25) is 0 Å². The fourth-order valence-corrected chi connectivity index (χ4v) is 2.37. The Morgan fingerprint density at radius 3 is 2.67 bits per heavy atom. The van der Waals surface area contributed by atoms with Gasteiger partial charge >= 0.3 is 0 Å². The van der Waals surface area contributed by atoms with Crippen molar-refractivity contribution in [2.45, 2.75) is 38.3 Å². The zero-order chi connectivity index (χ0) is 11.3. The number of hydrogen-bond acceptors (Lipinski definition) is 3. The van der Waals surface area contributed by atoms with Crippen LogP contribution in [0.15, 0.2) is 23.1 Å². The van der Waals surface area contributed by atoms with E-state index in [-0.39, 0.29) is 0 Å². The van der Waals surface area contributed by atoms with Crippen LogP contribution in [0.3, 0.4) is 0 Å². The molecule has 3 heteroatoms. The molecule has 0 bridgehead atoms. The standard InChI is InChI=1S/C12H20N2S/c1-4-15-12-7-5-6-11(10(12)8-13)14-9(2)3/h5-7,9,14H,4,8,13H2,1-3H3. The zero-order valence-corrected chi connectivity index (χ0v) is 10.5. The molecule has 0 aliphatic rings. The summed E-state index contributed by atoms with van der Waals surface area (Å²) in [4.78, 5) is 1.30. The van der Waals surface area contributed by atoms with Crippen LogP contribution in [0.2, 0.25) is 0 Å². The van der Waals surface area contributed by atoms with Gasteiger partial charge in [0.25, 0.3) is 0 Å². The van der Waals surface area contributed by atoms with Crippen molar-refractivity contribution >= 4 is 17.4 Å². The number of anilines is 1. The third-order valence-corrected chi connectivity index (χ3v) is 3.06. The maximum absolute atomic E-state index is 5.80. The molecule has 0 amide bonds. The van der Waals surface area contributed by atoms with Gasteiger partial charge in [-0.15, -0.1) is 11.8 Å². The molecule has 1 rings (SSSR count). The smallest absolute Gasteiger partial charge is 0.0398 e. The van der Waals surface area contributed by atoms with Gasteiger partial charge in [0.1, 0.15) is 0 Å². The molecule has 0 radical (unpaired) electrons. The third-order valence-electron chi connectivity index (χ3n) is 2.08. The van der Waals surface area contributed by atoms with Gasteiger partial charge in [-0.1, -0.05) is 13.0 Å². The lowest BCUT2D eigenvalue weighted by Crippen LogP contribution is -2.13. The van der Waals surface area contributed by atoms with Crippen LogP contribution in [0, 0.1) is 0 Å². The first-order chi connectivity index (χ1) is 7.19. The lowest BCUT2D eigenvalue weighted by molar-refractivity contribution is 0.888. The van der Waals surface area contributed by atoms with Crippen LogP contribution in [-0.2, 0) is 6.54 Å². The van der Waals surface area contributed by atoms with Gasteiger partial charge in [-0.2, -0.15) is 0 Å². The topological polar surface area (TPSA) is 38.0 Å². The van der Waals surface area contributed by atoms with Crippen LogP contribution >= 0.6 is 11.8 Å². The molecule has 0 saturated heterocycles. The second-order valence-corrected chi connectivity index (χ2v) is 5.02. The number of nitrogens with one attached hydrogen (secondary N) is 1. The van der Waals surface area contributed by atoms with E-state index in [4.69, 9.17) is 5.73 Å². The maximum Gasteiger partial charge on any atom is 0.0398 e. The molecule has 0 unspecified atom stereocenters. The molecule has 0 aliphatic carbocycles. The van der Waals surface area contributed by atoms with Crippen LogP contribution in [0.4, 0.5) is 5.69 Å². The quantitative estimate of drug-likeness (QED) is 0.755. The van der Waals surface area contributed by atoms with Crippen LogP contribution in [0.1, 0.15) is 26.3 Å². The summed E-state index contributed by atoms with van der Waals surface area (Å²) >= 11 is 1.85. The summed E-state index contributed by atoms with van der Waals surface area (Å²) in [6, 6.07) is 6.77. The van der Waals surface area contributed by atoms with Crippen molar-refractivity contribution in [3.63, 3.8) is 0 Å². The van der Waals surface area contributed by atoms with Gasteiger partial charge in [0.15, 0.2) is 0 Å². The molecule has 2 nitrogen and oxygen atoms in total. The molecule has 0 spiro atoms. The Bertz CT molecular complexity index is 310. The van der Waals surface area contributed by atoms with Crippen molar-refractivity contribution in [3.05, 3.63) is 23.8 Å². The molecule has 84 valence electrons. The summed E-state index contributed by atoms with van der Waals surface area (Å²) in [5.41, 5.74) is 8.21. The third kappa shape index (κ3) is 3.43. The normalized spacial score (nSPS) is 10.7. The van der Waals surface area contributed by atoms with Crippen molar-refractivity contribution in [3.8, 4) is 0 Å². The molecular formula is C12H20N2S. The van der Waals surface area contributed by atoms with E-state index >= 15 is 0 Å². The first kappa shape index (κ1) is 12.4. The van der Waals surface area contributed by atoms with Crippen LogP contribution in [-0.4, -0.2) is 11.8 Å². The average Bonchev–Trinajstić information content (AvgIpc) is 2.18. The number of rotatable bonds is 5. The second-order valence-electron chi connectivity index (χ2n) is 3.72. The Morgan fingerprint density at radius 1 is 1.40 bits per heavy atom. The van der Waals surface area contributed by atoms with E-state index in [9.17, 15) is 0 Å². The Labute approximate surface area is 96.6 Å². The van der Waals surface area contributed by atoms with Gasteiger partial charge in [0, 0.05) is 28.7 Å². The Hall–Kier alpha value is -0.670. The number of nitrogens with two attached hydrogens (primary N) is 1. The Kier molecular flexibility index (Phi) is 4.99. The lowest BCUT2D eigenvalue weighted by atomic mass is 10.1. The largest absolute Gasteiger partial charge is 0.383 e. The maximum atomic E-state index is 5.80. The number of thioether (sulfide) groups is 1. The van der Waals surface area contributed by atoms with E-state index in [0.29, 0.717) is 12.6 Å². The predicted octanol–water partition coefficient (Wildman–Crippen LogP) is 3.08. The zero-order valence-electron chi connectivity index (χ0n) is 9.71. The van der Waals surface area contributed by atoms with E-state index in [1.165, 1.54) is 16.1 Å². The van der Waals surface area contributed by atoms with E-state index in [2.05, 4.69) is 44.3 Å². The summed E-state index contributed by atoms with van der Waals surface area (Å²) in [6.07, 6.45) is 0. The van der Waals surface area contributed by atoms with Crippen molar-refractivity contribution in [1.29, 1.82) is 0 Å². The van der Waals surface area contributed by atoms with Crippen LogP contribution in [0.5, 0.6) is 0 Å². The average molecular weight is 224 g/mol. The SMILES string of the molecule is CCSc1cccc(NC(C)C)c1CN. The number of benzene rings is 1. The van der Waals surface area contributed by atoms with Gasteiger partial charge in [0.05, 0.1) is 0 Å². The molecule has 0 aromatic heterocycles. The fourth-order valence-electron chi connectivity index (χ4n) is 1.51. The minimum atomic E-state index is 0.442. The highest BCUT2D eigenvalue weighted by molar-refractivity contribution is 7.99. The molecule has 0 saturated carbocycles. The van der Waals surface area contributed by atoms with Crippen LogP contribution < -0.4 is 11.1 Å². The molecular weight excluding hydrogens is 204 g/mol. The van der Waals surface area contributed by atoms with Crippen molar-refractivity contribution < 1.29 is 0 Å². The van der Waals surface area contributed by atoms with Gasteiger partial charge < -0.3 is 11.1 Å². The van der Waals surface area contributed by atoms with E-state index in [1.54, 1.807) is 0 Å². The first-order valence-corrected chi connectivity index (χ1v) is 6.38. The van der Waals surface area contributed by atoms with E-state index in [1.807, 2.05) is 11.8 Å². The van der Waals surface area contributed by atoms with Crippen LogP contribution in [0.25, 0.3) is 0 Å². The van der Waals surface area contributed by atoms with Gasteiger partial charge in [-0.25, -0.2) is 0 Å². The molecule has 3 N–H and O–H groups in total. The highest BCUT2D eigenvalue weighted by atomic mass is 32.2. The van der Waals surface area contributed by atoms with Crippen molar-refractivity contribution in [2.75, 3.05) is 11.1 Å². The van der Waals surface area contributed by atoms with Gasteiger partial charge in [-0.05, 0) is 31.7 Å². The molecule has 15 heavy (non-hydrogen) atoms. The molecule has 0 aliphatic heterocycles. The predicted molar refractivity (Wildman–Crippen MR) is 69.5 cm³/mol. The highest BCUT2D eigenvalue weighted by Gasteiger charge is 2.07. The number of hydrogen-bond donors (Lipinski definition) is 2. The van der Waals surface area contributed by atoms with Gasteiger partial charge in [-0.3, -0.25) is 0 Å². The molecule has 0 fully saturated rings. The highest BCUT2D eigenvalue weighted by Crippen LogP contribution is 2.28. The Balaban J connectivity index is 2.98. The summed E-state index contributed by atoms with van der Waals surface area (Å²) in [5, 5.41) is 3.43. The molecule has 1 aromatic carbocycles.